The molecule has 2 aromatic rings. The fourth-order valence-electron chi connectivity index (χ4n) is 4.66. The van der Waals surface area contributed by atoms with Gasteiger partial charge in [0.15, 0.2) is 0 Å². The van der Waals surface area contributed by atoms with Crippen molar-refractivity contribution in [2.75, 3.05) is 7.05 Å². The monoisotopic (exact) mass is 491 g/mol. The summed E-state index contributed by atoms with van der Waals surface area (Å²) < 4.78 is 46.1. The number of aliphatic carboxylic acids is 2. The molecule has 2 saturated heterocycles. The summed E-state index contributed by atoms with van der Waals surface area (Å²) in [4.78, 5) is 21.5. The van der Waals surface area contributed by atoms with E-state index in [1.54, 1.807) is 6.07 Å². The second-order valence-corrected chi connectivity index (χ2v) is 8.70. The molecule has 0 amide bonds. The number of ether oxygens (including phenoxy) is 1. The van der Waals surface area contributed by atoms with Gasteiger partial charge >= 0.3 is 18.1 Å². The number of carbonyl (C=O) groups is 2. The highest BCUT2D eigenvalue weighted by atomic mass is 19.4. The number of hydrogen-bond donors (Lipinski definition) is 2. The molecule has 0 spiro atoms. The van der Waals surface area contributed by atoms with Crippen molar-refractivity contribution in [1.82, 2.24) is 4.90 Å². The lowest BCUT2D eigenvalue weighted by Gasteiger charge is -2.38. The summed E-state index contributed by atoms with van der Waals surface area (Å²) in [5.41, 5.74) is 0.818. The lowest BCUT2D eigenvalue weighted by Crippen LogP contribution is -2.43. The maximum Gasteiger partial charge on any atom is 0.416 e. The van der Waals surface area contributed by atoms with E-state index in [0.29, 0.717) is 29.8 Å². The summed E-state index contributed by atoms with van der Waals surface area (Å²) in [7, 11) is 2.17. The minimum Gasteiger partial charge on any atom is -0.478 e. The molecule has 3 unspecified atom stereocenters. The SMILES string of the molecule is CN1C2CCC1CC(OC(c1ccccc1)c1cccc(C(F)(F)F)c1)C2.O=C(O)C=CC(=O)O. The first-order valence-corrected chi connectivity index (χ1v) is 11.3. The van der Waals surface area contributed by atoms with E-state index in [-0.39, 0.29) is 6.10 Å². The Bertz CT molecular complexity index is 1010. The molecule has 2 N–H and O–H groups in total. The Balaban J connectivity index is 0.000000371. The number of piperidine rings is 1. The summed E-state index contributed by atoms with van der Waals surface area (Å²) in [5.74, 6) is -2.51. The van der Waals surface area contributed by atoms with Gasteiger partial charge in [0.05, 0.1) is 11.7 Å². The Morgan fingerprint density at radius 2 is 1.49 bits per heavy atom. The van der Waals surface area contributed by atoms with Crippen LogP contribution in [0.5, 0.6) is 0 Å². The highest BCUT2D eigenvalue weighted by Crippen LogP contribution is 2.39. The smallest absolute Gasteiger partial charge is 0.416 e. The van der Waals surface area contributed by atoms with Gasteiger partial charge in [-0.1, -0.05) is 42.5 Å². The molecule has 2 heterocycles. The van der Waals surface area contributed by atoms with Crippen LogP contribution in [0.25, 0.3) is 0 Å². The molecular weight excluding hydrogens is 463 g/mol. The first-order chi connectivity index (χ1) is 16.5. The van der Waals surface area contributed by atoms with Crippen LogP contribution < -0.4 is 0 Å². The average molecular weight is 492 g/mol. The Hall–Kier alpha value is -3.17. The van der Waals surface area contributed by atoms with Gasteiger partial charge in [0.2, 0.25) is 0 Å². The van der Waals surface area contributed by atoms with Gasteiger partial charge in [-0.3, -0.25) is 0 Å². The van der Waals surface area contributed by atoms with E-state index in [0.717, 1.165) is 24.5 Å². The highest BCUT2D eigenvalue weighted by Gasteiger charge is 2.40. The molecule has 9 heteroatoms. The number of carboxylic acid groups (broad SMARTS) is 2. The molecule has 2 aliphatic heterocycles. The van der Waals surface area contributed by atoms with Crippen molar-refractivity contribution < 1.29 is 37.7 Å². The predicted molar refractivity (Wildman–Crippen MR) is 123 cm³/mol. The maximum atomic E-state index is 13.2. The number of carboxylic acids is 2. The second kappa shape index (κ2) is 11.5. The summed E-state index contributed by atoms with van der Waals surface area (Å²) in [6.07, 6.45) is 0.583. The number of fused-ring (bicyclic) bond motifs is 2. The normalized spacial score (nSPS) is 22.9. The molecule has 4 rings (SSSR count). The van der Waals surface area contributed by atoms with Crippen LogP contribution >= 0.6 is 0 Å². The van der Waals surface area contributed by atoms with E-state index in [2.05, 4.69) is 11.9 Å². The molecule has 3 atom stereocenters. The molecule has 2 aromatic carbocycles. The lowest BCUT2D eigenvalue weighted by molar-refractivity contribution is -0.137. The molecule has 2 bridgehead atoms. The van der Waals surface area contributed by atoms with Gasteiger partial charge in [-0.05, 0) is 56.0 Å². The Morgan fingerprint density at radius 3 is 2.00 bits per heavy atom. The maximum absolute atomic E-state index is 13.2. The van der Waals surface area contributed by atoms with Gasteiger partial charge in [-0.15, -0.1) is 0 Å². The number of alkyl halides is 3. The predicted octanol–water partition coefficient (Wildman–Crippen LogP) is 5.15. The van der Waals surface area contributed by atoms with Crippen LogP contribution in [-0.2, 0) is 20.5 Å². The summed E-state index contributed by atoms with van der Waals surface area (Å²) in [5, 5.41) is 15.6. The molecule has 2 fully saturated rings. The van der Waals surface area contributed by atoms with E-state index in [4.69, 9.17) is 14.9 Å². The quantitative estimate of drug-likeness (QED) is 0.544. The second-order valence-electron chi connectivity index (χ2n) is 8.70. The largest absolute Gasteiger partial charge is 0.478 e. The Labute approximate surface area is 201 Å². The zero-order chi connectivity index (χ0) is 25.6. The van der Waals surface area contributed by atoms with Gasteiger partial charge in [0.1, 0.15) is 6.10 Å². The molecule has 6 nitrogen and oxygen atoms in total. The van der Waals surface area contributed by atoms with E-state index in [9.17, 15) is 22.8 Å². The van der Waals surface area contributed by atoms with Crippen LogP contribution in [0.2, 0.25) is 0 Å². The van der Waals surface area contributed by atoms with Crippen LogP contribution in [-0.4, -0.2) is 52.3 Å². The third-order valence-electron chi connectivity index (χ3n) is 6.37. The van der Waals surface area contributed by atoms with E-state index in [1.807, 2.05) is 30.3 Å². The number of nitrogens with zero attached hydrogens (tertiary/aromatic N) is 1. The van der Waals surface area contributed by atoms with Crippen LogP contribution in [0.1, 0.15) is 48.5 Å². The van der Waals surface area contributed by atoms with Gasteiger partial charge in [0.25, 0.3) is 0 Å². The molecule has 0 radical (unpaired) electrons. The van der Waals surface area contributed by atoms with Gasteiger partial charge in [-0.25, -0.2) is 9.59 Å². The third-order valence-corrected chi connectivity index (χ3v) is 6.37. The number of rotatable bonds is 6. The lowest BCUT2D eigenvalue weighted by atomic mass is 9.96. The molecule has 0 aromatic heterocycles. The first-order valence-electron chi connectivity index (χ1n) is 11.3. The van der Waals surface area contributed by atoms with Gasteiger partial charge in [0, 0.05) is 24.2 Å². The summed E-state index contributed by atoms with van der Waals surface area (Å²) in [6, 6.07) is 16.1. The molecule has 188 valence electrons. The molecule has 0 saturated carbocycles. The van der Waals surface area contributed by atoms with Crippen molar-refractivity contribution in [1.29, 1.82) is 0 Å². The van der Waals surface area contributed by atoms with E-state index < -0.39 is 29.8 Å². The van der Waals surface area contributed by atoms with Gasteiger partial charge < -0.3 is 19.8 Å². The summed E-state index contributed by atoms with van der Waals surface area (Å²) in [6.45, 7) is 0. The zero-order valence-electron chi connectivity index (χ0n) is 19.2. The van der Waals surface area contributed by atoms with E-state index >= 15 is 0 Å². The van der Waals surface area contributed by atoms with E-state index in [1.165, 1.54) is 25.0 Å². The zero-order valence-corrected chi connectivity index (χ0v) is 19.2. The fraction of sp³-hybridized carbons (Fsp3) is 0.385. The molecule has 0 aliphatic carbocycles. The minimum absolute atomic E-state index is 0.0680. The average Bonchev–Trinajstić information content (AvgIpc) is 3.02. The standard InChI is InChI=1S/C22H24F3NO.C4H4O4/c1-26-18-10-11-19(26)14-20(13-18)27-21(15-6-3-2-4-7-15)16-8-5-9-17(12-16)22(23,24)25;5-3(6)1-2-4(7)8/h2-9,12,18-21H,10-11,13-14H2,1H3;1-2H,(H,5,6)(H,7,8). The first kappa shape index (κ1) is 26.4. The highest BCUT2D eigenvalue weighted by molar-refractivity contribution is 5.89. The minimum atomic E-state index is -4.36. The number of halogens is 3. The van der Waals surface area contributed by atoms with Crippen LogP contribution in [0.15, 0.2) is 66.7 Å². The van der Waals surface area contributed by atoms with Crippen molar-refractivity contribution in [2.45, 2.75) is 56.2 Å². The topological polar surface area (TPSA) is 87.1 Å². The van der Waals surface area contributed by atoms with Crippen molar-refractivity contribution in [3.8, 4) is 0 Å². The third kappa shape index (κ3) is 7.40. The molecular formula is C26H28F3NO5. The summed E-state index contributed by atoms with van der Waals surface area (Å²) >= 11 is 0. The van der Waals surface area contributed by atoms with Crippen molar-refractivity contribution in [2.24, 2.45) is 0 Å². The van der Waals surface area contributed by atoms with Crippen LogP contribution in [0.4, 0.5) is 13.2 Å². The van der Waals surface area contributed by atoms with Crippen molar-refractivity contribution in [3.63, 3.8) is 0 Å². The van der Waals surface area contributed by atoms with Crippen molar-refractivity contribution >= 4 is 11.9 Å². The van der Waals surface area contributed by atoms with Crippen LogP contribution in [0.3, 0.4) is 0 Å². The number of hydrogen-bond acceptors (Lipinski definition) is 4. The fourth-order valence-corrected chi connectivity index (χ4v) is 4.66. The van der Waals surface area contributed by atoms with Crippen molar-refractivity contribution in [3.05, 3.63) is 83.4 Å². The van der Waals surface area contributed by atoms with Crippen LogP contribution in [0, 0.1) is 0 Å². The molecule has 2 aliphatic rings. The van der Waals surface area contributed by atoms with Gasteiger partial charge in [-0.2, -0.15) is 13.2 Å². The number of benzene rings is 2. The Kier molecular flexibility index (Phi) is 8.69. The Morgan fingerprint density at radius 1 is 0.943 bits per heavy atom. The molecule has 35 heavy (non-hydrogen) atoms.